The number of esters is 2. The van der Waals surface area contributed by atoms with E-state index in [4.69, 9.17) is 18.5 Å². The van der Waals surface area contributed by atoms with Crippen molar-refractivity contribution in [2.45, 2.75) is 380 Å². The molecule has 0 saturated carbocycles. The van der Waals surface area contributed by atoms with Gasteiger partial charge in [-0.1, -0.05) is 350 Å². The van der Waals surface area contributed by atoms with Gasteiger partial charge in [0.05, 0.1) is 27.7 Å². The van der Waals surface area contributed by atoms with Crippen LogP contribution in [0.4, 0.5) is 0 Å². The fourth-order valence-corrected chi connectivity index (χ4v) is 12.1. The van der Waals surface area contributed by atoms with E-state index in [1.165, 1.54) is 276 Å². The summed E-state index contributed by atoms with van der Waals surface area (Å²) in [6.07, 6.45) is 95.9. The van der Waals surface area contributed by atoms with Crippen LogP contribution in [-0.4, -0.2) is 70.0 Å². The van der Waals surface area contributed by atoms with Crippen molar-refractivity contribution < 1.29 is 42.1 Å². The highest BCUT2D eigenvalue weighted by Gasteiger charge is 2.22. The minimum atomic E-state index is -4.64. The number of hydrogen-bond acceptors (Lipinski definition) is 8. The molecule has 526 valence electrons. The summed E-state index contributed by atoms with van der Waals surface area (Å²) in [5.41, 5.74) is 0. The van der Waals surface area contributed by atoms with Gasteiger partial charge in [-0.25, -0.2) is 0 Å². The summed E-state index contributed by atoms with van der Waals surface area (Å²) < 4.78 is 34.4. The largest absolute Gasteiger partial charge is 0.756 e. The average Bonchev–Trinajstić information content (AvgIpc) is 3.58. The van der Waals surface area contributed by atoms with Crippen LogP contribution < -0.4 is 4.89 Å². The van der Waals surface area contributed by atoms with Gasteiger partial charge in [0.15, 0.2) is 6.10 Å². The highest BCUT2D eigenvalue weighted by molar-refractivity contribution is 7.45. The van der Waals surface area contributed by atoms with Crippen molar-refractivity contribution >= 4 is 19.8 Å². The van der Waals surface area contributed by atoms with Crippen LogP contribution in [0.3, 0.4) is 0 Å². The van der Waals surface area contributed by atoms with Gasteiger partial charge in [-0.15, -0.1) is 0 Å². The minimum Gasteiger partial charge on any atom is -0.756 e. The zero-order valence-electron chi connectivity index (χ0n) is 60.1. The number of hydrogen-bond donors (Lipinski definition) is 0. The molecule has 0 aromatic heterocycles. The molecule has 0 aromatic rings. The molecule has 0 fully saturated rings. The molecule has 0 spiro atoms. The molecule has 9 nitrogen and oxygen atoms in total. The van der Waals surface area contributed by atoms with Gasteiger partial charge in [0.25, 0.3) is 7.82 Å². The lowest BCUT2D eigenvalue weighted by Crippen LogP contribution is -2.37. The second kappa shape index (κ2) is 70.8. The molecule has 0 rings (SSSR count). The minimum absolute atomic E-state index is 0.0293. The van der Waals surface area contributed by atoms with E-state index >= 15 is 0 Å². The molecule has 0 bridgehead atoms. The summed E-state index contributed by atoms with van der Waals surface area (Å²) in [5.74, 6) is -0.813. The fraction of sp³-hybridized carbons (Fsp3) is 0.825. The standard InChI is InChI=1S/C80H148NO8P/c1-6-8-10-12-14-16-18-20-22-24-26-28-30-32-34-36-37-38-39-40-41-42-43-45-47-49-51-53-55-57-59-61-63-65-67-69-71-73-80(83)89-78(77-88-90(84,85)87-75-74-81(3,4)5)76-86-79(82)72-70-68-66-64-62-60-58-56-54-52-50-48-46-44-35-33-31-29-27-25-23-21-19-17-15-13-11-9-7-2/h8,10,14,16,19-22,25-28,78H,6-7,9,11-13,15,17-18,23-24,29-77H2,1-5H3/b10-8-,16-14-,21-19-,22-20-,27-25-,28-26-. The van der Waals surface area contributed by atoms with E-state index in [1.54, 1.807) is 0 Å². The normalized spacial score (nSPS) is 13.4. The molecule has 0 amide bonds. The number of phosphoric acid groups is 1. The Morgan fingerprint density at radius 1 is 0.356 bits per heavy atom. The van der Waals surface area contributed by atoms with E-state index in [-0.39, 0.29) is 32.0 Å². The van der Waals surface area contributed by atoms with Crippen LogP contribution in [0.25, 0.3) is 0 Å². The number of nitrogens with zero attached hydrogens (tertiary/aromatic N) is 1. The monoisotopic (exact) mass is 1280 g/mol. The maximum Gasteiger partial charge on any atom is 0.306 e. The number of carbonyl (C=O) groups is 2. The van der Waals surface area contributed by atoms with Gasteiger partial charge in [-0.2, -0.15) is 0 Å². The first-order valence-corrected chi connectivity index (χ1v) is 40.1. The molecular weight excluding hydrogens is 1130 g/mol. The summed E-state index contributed by atoms with van der Waals surface area (Å²) >= 11 is 0. The molecule has 0 aliphatic carbocycles. The summed E-state index contributed by atoms with van der Waals surface area (Å²) in [6, 6.07) is 0. The predicted octanol–water partition coefficient (Wildman–Crippen LogP) is 24.9. The molecule has 2 unspecified atom stereocenters. The van der Waals surface area contributed by atoms with Crippen molar-refractivity contribution in [3.05, 3.63) is 72.9 Å². The van der Waals surface area contributed by atoms with E-state index in [1.807, 2.05) is 21.1 Å². The molecule has 0 aliphatic rings. The Morgan fingerprint density at radius 3 is 0.944 bits per heavy atom. The molecule has 0 N–H and O–H groups in total. The number of quaternary nitrogens is 1. The Bertz CT molecular complexity index is 1750. The molecule has 2 atom stereocenters. The molecular formula is C80H148NO8P. The second-order valence-electron chi connectivity index (χ2n) is 27.3. The van der Waals surface area contributed by atoms with Crippen molar-refractivity contribution in [2.24, 2.45) is 0 Å². The molecule has 0 heterocycles. The average molecular weight is 1280 g/mol. The number of allylic oxidation sites excluding steroid dienone is 12. The van der Waals surface area contributed by atoms with Crippen LogP contribution in [0, 0.1) is 0 Å². The quantitative estimate of drug-likeness (QED) is 0.0195. The first-order chi connectivity index (χ1) is 44.0. The SMILES string of the molecule is CC/C=C\C/C=C\C/C=C\C/C=C\CCCCCCCCCCCCCCCCCCCCCCCCCCC(=O)OC(COC(=O)CCCCCCCCCCCCCCCCCCC/C=C\C/C=C\CCCCCCC)COP(=O)([O-])OCC[N+](C)(C)C. The van der Waals surface area contributed by atoms with E-state index in [9.17, 15) is 19.0 Å². The van der Waals surface area contributed by atoms with Gasteiger partial charge in [-0.3, -0.25) is 14.2 Å². The third kappa shape index (κ3) is 74.5. The molecule has 90 heavy (non-hydrogen) atoms. The Hall–Kier alpha value is -2.55. The lowest BCUT2D eigenvalue weighted by molar-refractivity contribution is -0.870. The van der Waals surface area contributed by atoms with Crippen molar-refractivity contribution in [3.63, 3.8) is 0 Å². The molecule has 10 heteroatoms. The van der Waals surface area contributed by atoms with E-state index < -0.39 is 26.5 Å². The Morgan fingerprint density at radius 2 is 0.633 bits per heavy atom. The topological polar surface area (TPSA) is 111 Å². The number of rotatable bonds is 72. The summed E-state index contributed by atoms with van der Waals surface area (Å²) in [4.78, 5) is 38.1. The smallest absolute Gasteiger partial charge is 0.306 e. The zero-order chi connectivity index (χ0) is 65.5. The Labute approximate surface area is 559 Å². The highest BCUT2D eigenvalue weighted by Crippen LogP contribution is 2.38. The lowest BCUT2D eigenvalue weighted by Gasteiger charge is -2.28. The maximum atomic E-state index is 12.9. The number of phosphoric ester groups is 1. The van der Waals surface area contributed by atoms with E-state index in [2.05, 4.69) is 86.8 Å². The maximum absolute atomic E-state index is 12.9. The Balaban J connectivity index is 3.93. The first kappa shape index (κ1) is 87.5. The van der Waals surface area contributed by atoms with Gasteiger partial charge >= 0.3 is 11.9 Å². The number of carbonyl (C=O) groups excluding carboxylic acids is 2. The van der Waals surface area contributed by atoms with Crippen LogP contribution in [0.5, 0.6) is 0 Å². The second-order valence-corrected chi connectivity index (χ2v) is 28.8. The van der Waals surface area contributed by atoms with Gasteiger partial charge in [0.2, 0.25) is 0 Å². The van der Waals surface area contributed by atoms with Crippen molar-refractivity contribution in [3.8, 4) is 0 Å². The van der Waals surface area contributed by atoms with Crippen molar-refractivity contribution in [2.75, 3.05) is 47.5 Å². The van der Waals surface area contributed by atoms with Crippen LogP contribution in [-0.2, 0) is 32.7 Å². The lowest BCUT2D eigenvalue weighted by atomic mass is 10.0. The van der Waals surface area contributed by atoms with Crippen molar-refractivity contribution in [1.29, 1.82) is 0 Å². The number of likely N-dealkylation sites (N-methyl/N-ethyl adjacent to an activating group) is 1. The van der Waals surface area contributed by atoms with Crippen LogP contribution in [0.15, 0.2) is 72.9 Å². The van der Waals surface area contributed by atoms with Gasteiger partial charge in [-0.05, 0) is 83.5 Å². The van der Waals surface area contributed by atoms with Crippen molar-refractivity contribution in [1.82, 2.24) is 0 Å². The number of ether oxygens (including phenoxy) is 2. The zero-order valence-corrected chi connectivity index (χ0v) is 61.0. The van der Waals surface area contributed by atoms with Gasteiger partial charge < -0.3 is 27.9 Å². The van der Waals surface area contributed by atoms with Crippen LogP contribution in [0.1, 0.15) is 373 Å². The van der Waals surface area contributed by atoms with Gasteiger partial charge in [0, 0.05) is 12.8 Å². The summed E-state index contributed by atoms with van der Waals surface area (Å²) in [6.45, 7) is 4.18. The van der Waals surface area contributed by atoms with Crippen LogP contribution in [0.2, 0.25) is 0 Å². The third-order valence-electron chi connectivity index (χ3n) is 17.2. The van der Waals surface area contributed by atoms with E-state index in [0.717, 1.165) is 64.2 Å². The molecule has 0 aliphatic heterocycles. The van der Waals surface area contributed by atoms with Crippen LogP contribution >= 0.6 is 7.82 Å². The molecule has 0 radical (unpaired) electrons. The molecule has 0 saturated heterocycles. The first-order valence-electron chi connectivity index (χ1n) is 38.6. The predicted molar refractivity (Wildman–Crippen MR) is 388 cm³/mol. The molecule has 0 aromatic carbocycles. The summed E-state index contributed by atoms with van der Waals surface area (Å²) in [7, 11) is 1.18. The fourth-order valence-electron chi connectivity index (χ4n) is 11.3. The van der Waals surface area contributed by atoms with Gasteiger partial charge in [0.1, 0.15) is 19.8 Å². The van der Waals surface area contributed by atoms with E-state index in [0.29, 0.717) is 17.4 Å². The third-order valence-corrected chi connectivity index (χ3v) is 18.2. The summed E-state index contributed by atoms with van der Waals surface area (Å²) in [5, 5.41) is 0. The number of unbranched alkanes of at least 4 members (excludes halogenated alkanes) is 46. The highest BCUT2D eigenvalue weighted by atomic mass is 31.2. The Kier molecular flexibility index (Phi) is 68.8.